The number of nitrogens with one attached hydrogen (secondary N) is 3. The van der Waals surface area contributed by atoms with Crippen LogP contribution in [0.25, 0.3) is 11.0 Å². The summed E-state index contributed by atoms with van der Waals surface area (Å²) in [6.45, 7) is 0. The molecule has 0 aliphatic carbocycles. The molecule has 3 N–H and O–H groups in total. The number of rotatable bonds is 3. The van der Waals surface area contributed by atoms with E-state index in [4.69, 9.17) is 12.2 Å². The fourth-order valence-electron chi connectivity index (χ4n) is 2.71. The van der Waals surface area contributed by atoms with E-state index in [9.17, 15) is 18.0 Å². The molecule has 0 spiro atoms. The third-order valence-corrected chi connectivity index (χ3v) is 5.57. The normalized spacial score (nSPS) is 14.6. The predicted molar refractivity (Wildman–Crippen MR) is 105 cm³/mol. The number of fused-ring (bicyclic) bond motifs is 2. The summed E-state index contributed by atoms with van der Waals surface area (Å²) in [5, 5.41) is 3.04. The Morgan fingerprint density at radius 1 is 1.21 bits per heavy atom. The largest absolute Gasteiger partial charge is 0.341 e. The maximum atomic E-state index is 12.5. The minimum absolute atomic E-state index is 0.0276. The van der Waals surface area contributed by atoms with Crippen LogP contribution in [0.3, 0.4) is 0 Å². The number of anilines is 1. The van der Waals surface area contributed by atoms with Crippen molar-refractivity contribution in [3.63, 3.8) is 0 Å². The third-order valence-electron chi connectivity index (χ3n) is 3.91. The summed E-state index contributed by atoms with van der Waals surface area (Å²) in [6.07, 6.45) is 1.10. The van der Waals surface area contributed by atoms with Crippen molar-refractivity contribution < 1.29 is 13.2 Å². The summed E-state index contributed by atoms with van der Waals surface area (Å²) >= 11 is 5.09. The summed E-state index contributed by atoms with van der Waals surface area (Å²) < 4.78 is 28.9. The first-order chi connectivity index (χ1) is 13.3. The summed E-state index contributed by atoms with van der Waals surface area (Å²) in [5.41, 5.74) is 2.42. The molecule has 0 bridgehead atoms. The van der Waals surface area contributed by atoms with E-state index >= 15 is 0 Å². The monoisotopic (exact) mass is 416 g/mol. The molecule has 0 fully saturated rings. The van der Waals surface area contributed by atoms with Gasteiger partial charge in [0.15, 0.2) is 0 Å². The Kier molecular flexibility index (Phi) is 4.28. The van der Waals surface area contributed by atoms with Crippen LogP contribution in [0.2, 0.25) is 0 Å². The van der Waals surface area contributed by atoms with Crippen LogP contribution < -0.4 is 16.3 Å². The number of H-pyrrole nitrogens is 1. The molecular weight excluding hydrogens is 404 g/mol. The van der Waals surface area contributed by atoms with E-state index < -0.39 is 27.9 Å². The molecule has 3 aromatic rings. The molecule has 0 saturated carbocycles. The van der Waals surface area contributed by atoms with Gasteiger partial charge in [-0.15, -0.1) is 4.40 Å². The second-order valence-electron chi connectivity index (χ2n) is 5.82. The fraction of sp³-hybridized carbons (Fsp3) is 0.0625. The van der Waals surface area contributed by atoms with Crippen molar-refractivity contribution in [2.24, 2.45) is 4.40 Å². The second-order valence-corrected chi connectivity index (χ2v) is 7.78. The van der Waals surface area contributed by atoms with Gasteiger partial charge in [0.05, 0.1) is 17.5 Å². The van der Waals surface area contributed by atoms with E-state index in [2.05, 4.69) is 25.1 Å². The van der Waals surface area contributed by atoms with Gasteiger partial charge in [0.2, 0.25) is 10.7 Å². The number of para-hydroxylation sites is 1. The number of nitrogens with zero attached hydrogens (tertiary/aromatic N) is 3. The maximum absolute atomic E-state index is 12.5. The average Bonchev–Trinajstić information content (AvgIpc) is 2.64. The van der Waals surface area contributed by atoms with Crippen LogP contribution in [0.4, 0.5) is 5.69 Å². The summed E-state index contributed by atoms with van der Waals surface area (Å²) in [4.78, 5) is 31.7. The molecule has 0 saturated heterocycles. The Bertz CT molecular complexity index is 1370. The number of carbonyl (C=O) groups is 1. The van der Waals surface area contributed by atoms with Gasteiger partial charge < -0.3 is 10.3 Å². The van der Waals surface area contributed by atoms with Crippen LogP contribution >= 0.6 is 12.2 Å². The number of aromatic nitrogens is 3. The Morgan fingerprint density at radius 3 is 2.82 bits per heavy atom. The van der Waals surface area contributed by atoms with Crippen molar-refractivity contribution >= 4 is 50.7 Å². The molecule has 12 heteroatoms. The lowest BCUT2D eigenvalue weighted by Crippen LogP contribution is -2.36. The quantitative estimate of drug-likeness (QED) is 0.544. The Morgan fingerprint density at radius 2 is 2.00 bits per heavy atom. The first-order valence-corrected chi connectivity index (χ1v) is 9.80. The molecule has 4 rings (SSSR count). The SMILES string of the molecule is O=C(CC1=NS(=O)(=O)c2ccccc2N1)Nn1c(=S)[nH]c2ncccc2c1=O. The molecule has 1 aromatic carbocycles. The number of aromatic amines is 1. The number of amidine groups is 1. The van der Waals surface area contributed by atoms with E-state index in [1.54, 1.807) is 24.3 Å². The van der Waals surface area contributed by atoms with E-state index in [1.165, 1.54) is 18.3 Å². The summed E-state index contributed by atoms with van der Waals surface area (Å²) in [5.74, 6) is -0.743. The second kappa shape index (κ2) is 6.65. The van der Waals surface area contributed by atoms with Crippen LogP contribution in [0, 0.1) is 4.77 Å². The van der Waals surface area contributed by atoms with Gasteiger partial charge in [0.25, 0.3) is 15.6 Å². The first kappa shape index (κ1) is 18.0. The van der Waals surface area contributed by atoms with Crippen molar-refractivity contribution in [1.82, 2.24) is 14.6 Å². The van der Waals surface area contributed by atoms with Gasteiger partial charge in [-0.1, -0.05) is 12.1 Å². The van der Waals surface area contributed by atoms with Crippen LogP contribution in [-0.2, 0) is 14.8 Å². The molecule has 1 aliphatic rings. The molecule has 2 aromatic heterocycles. The molecule has 10 nitrogen and oxygen atoms in total. The molecule has 142 valence electrons. The van der Waals surface area contributed by atoms with E-state index in [0.717, 1.165) is 4.68 Å². The highest BCUT2D eigenvalue weighted by atomic mass is 32.2. The first-order valence-electron chi connectivity index (χ1n) is 7.95. The molecule has 1 amide bonds. The lowest BCUT2D eigenvalue weighted by Gasteiger charge is -2.18. The zero-order chi connectivity index (χ0) is 19.9. The number of hydrogen-bond donors (Lipinski definition) is 3. The van der Waals surface area contributed by atoms with Crippen LogP contribution in [0.1, 0.15) is 6.42 Å². The molecule has 0 atom stereocenters. The molecule has 28 heavy (non-hydrogen) atoms. The lowest BCUT2D eigenvalue weighted by molar-refractivity contribution is -0.116. The Balaban J connectivity index is 1.61. The van der Waals surface area contributed by atoms with Crippen molar-refractivity contribution in [1.29, 1.82) is 0 Å². The maximum Gasteiger partial charge on any atom is 0.286 e. The number of pyridine rings is 1. The van der Waals surface area contributed by atoms with Crippen LogP contribution in [-0.4, -0.2) is 34.8 Å². The van der Waals surface area contributed by atoms with Gasteiger partial charge in [-0.05, 0) is 36.5 Å². The van der Waals surface area contributed by atoms with Gasteiger partial charge in [-0.3, -0.25) is 15.0 Å². The number of carbonyl (C=O) groups excluding carboxylic acids is 1. The van der Waals surface area contributed by atoms with Gasteiger partial charge in [-0.25, -0.2) is 4.98 Å². The molecule has 1 aliphatic heterocycles. The highest BCUT2D eigenvalue weighted by Crippen LogP contribution is 2.26. The zero-order valence-corrected chi connectivity index (χ0v) is 15.7. The van der Waals surface area contributed by atoms with Crippen molar-refractivity contribution in [3.05, 3.63) is 57.7 Å². The number of sulfonamides is 1. The number of amides is 1. The Labute approximate surface area is 163 Å². The highest BCUT2D eigenvalue weighted by molar-refractivity contribution is 7.90. The minimum atomic E-state index is -3.91. The van der Waals surface area contributed by atoms with Gasteiger partial charge in [0.1, 0.15) is 16.4 Å². The predicted octanol–water partition coefficient (Wildman–Crippen LogP) is 1.13. The minimum Gasteiger partial charge on any atom is -0.341 e. The van der Waals surface area contributed by atoms with Crippen LogP contribution in [0.15, 0.2) is 56.7 Å². The molecule has 0 unspecified atom stereocenters. The van der Waals surface area contributed by atoms with Gasteiger partial charge in [-0.2, -0.15) is 13.1 Å². The molecular formula is C16H12N6O4S2. The number of hydrogen-bond acceptors (Lipinski definition) is 7. The lowest BCUT2D eigenvalue weighted by atomic mass is 10.3. The van der Waals surface area contributed by atoms with Gasteiger partial charge in [0, 0.05) is 6.20 Å². The molecule has 3 heterocycles. The summed E-state index contributed by atoms with van der Waals surface area (Å²) in [7, 11) is -3.91. The highest BCUT2D eigenvalue weighted by Gasteiger charge is 2.25. The van der Waals surface area contributed by atoms with E-state index in [1.807, 2.05) is 0 Å². The topological polar surface area (TPSA) is 138 Å². The summed E-state index contributed by atoms with van der Waals surface area (Å²) in [6, 6.07) is 9.33. The average molecular weight is 416 g/mol. The fourth-order valence-corrected chi connectivity index (χ4v) is 4.08. The van der Waals surface area contributed by atoms with Crippen LogP contribution in [0.5, 0.6) is 0 Å². The van der Waals surface area contributed by atoms with Crippen molar-refractivity contribution in [3.8, 4) is 0 Å². The van der Waals surface area contributed by atoms with Crippen molar-refractivity contribution in [2.75, 3.05) is 10.7 Å². The van der Waals surface area contributed by atoms with E-state index in [-0.39, 0.29) is 20.9 Å². The van der Waals surface area contributed by atoms with Gasteiger partial charge >= 0.3 is 0 Å². The molecule has 0 radical (unpaired) electrons. The van der Waals surface area contributed by atoms with E-state index in [0.29, 0.717) is 11.3 Å². The van der Waals surface area contributed by atoms with Crippen molar-refractivity contribution in [2.45, 2.75) is 11.3 Å². The number of benzene rings is 1. The zero-order valence-electron chi connectivity index (χ0n) is 14.0. The Hall–Kier alpha value is -3.38. The third kappa shape index (κ3) is 3.18. The standard InChI is InChI=1S/C16H12N6O4S2/c23-13(8-12-18-10-5-1-2-6-11(10)28(25,26)21-12)20-22-15(24)9-4-3-7-17-14(9)19-16(22)27/h1-7H,8H2,(H,18,21)(H,20,23)(H,17,19,27). The smallest absolute Gasteiger partial charge is 0.286 e.